The van der Waals surface area contributed by atoms with Crippen LogP contribution in [0.1, 0.15) is 17.3 Å². The first-order chi connectivity index (χ1) is 11.6. The number of pyridine rings is 1. The van der Waals surface area contributed by atoms with Crippen molar-refractivity contribution in [1.29, 1.82) is 0 Å². The van der Waals surface area contributed by atoms with Crippen LogP contribution >= 0.6 is 0 Å². The summed E-state index contributed by atoms with van der Waals surface area (Å²) in [5, 5.41) is 9.57. The van der Waals surface area contributed by atoms with Gasteiger partial charge in [-0.3, -0.25) is 9.59 Å². The second kappa shape index (κ2) is 6.74. The molecule has 3 rings (SSSR count). The minimum absolute atomic E-state index is 0.250. The summed E-state index contributed by atoms with van der Waals surface area (Å²) in [6.45, 7) is 1.38. The lowest BCUT2D eigenvalue weighted by molar-refractivity contribution is -0.114. The smallest absolute Gasteiger partial charge is 0.262 e. The topological polar surface area (TPSA) is 88.9 Å². The highest BCUT2D eigenvalue weighted by Gasteiger charge is 2.19. The normalized spacial score (nSPS) is 10.2. The molecular formula is C17H15N5O2. The highest BCUT2D eigenvalue weighted by molar-refractivity contribution is 6.09. The maximum Gasteiger partial charge on any atom is 0.262 e. The molecule has 2 N–H and O–H groups in total. The fraction of sp³-hybridized carbons (Fsp3) is 0.0588. The van der Waals surface area contributed by atoms with Gasteiger partial charge in [0, 0.05) is 13.1 Å². The van der Waals surface area contributed by atoms with Gasteiger partial charge in [0.05, 0.1) is 11.9 Å². The Morgan fingerprint density at radius 1 is 1.00 bits per heavy atom. The van der Waals surface area contributed by atoms with Crippen LogP contribution < -0.4 is 10.6 Å². The molecule has 0 radical (unpaired) electrons. The highest BCUT2D eigenvalue weighted by atomic mass is 16.2. The van der Waals surface area contributed by atoms with Crippen molar-refractivity contribution >= 4 is 23.5 Å². The third kappa shape index (κ3) is 3.30. The van der Waals surface area contributed by atoms with E-state index in [4.69, 9.17) is 0 Å². The molecule has 2 aromatic heterocycles. The van der Waals surface area contributed by atoms with Gasteiger partial charge < -0.3 is 10.6 Å². The molecule has 2 amide bonds. The van der Waals surface area contributed by atoms with Gasteiger partial charge in [0.25, 0.3) is 5.91 Å². The lowest BCUT2D eigenvalue weighted by atomic mass is 10.2. The van der Waals surface area contributed by atoms with Crippen LogP contribution in [0.5, 0.6) is 0 Å². The Morgan fingerprint density at radius 2 is 1.75 bits per heavy atom. The summed E-state index contributed by atoms with van der Waals surface area (Å²) in [6, 6.07) is 14.4. The Bertz CT molecular complexity index is 859. The number of aromatic nitrogens is 3. The molecule has 2 heterocycles. The predicted molar refractivity (Wildman–Crippen MR) is 90.1 cm³/mol. The van der Waals surface area contributed by atoms with Crippen molar-refractivity contribution in [3.05, 3.63) is 66.5 Å². The van der Waals surface area contributed by atoms with Crippen LogP contribution in [0.3, 0.4) is 0 Å². The summed E-state index contributed by atoms with van der Waals surface area (Å²) in [6.07, 6.45) is 2.99. The van der Waals surface area contributed by atoms with E-state index >= 15 is 0 Å². The molecule has 0 aliphatic carbocycles. The van der Waals surface area contributed by atoms with E-state index in [1.54, 1.807) is 24.4 Å². The molecule has 0 spiro atoms. The number of anilines is 2. The minimum atomic E-state index is -0.403. The maximum absolute atomic E-state index is 12.5. The van der Waals surface area contributed by atoms with E-state index in [0.717, 1.165) is 5.69 Å². The van der Waals surface area contributed by atoms with E-state index in [9.17, 15) is 9.59 Å². The van der Waals surface area contributed by atoms with Gasteiger partial charge >= 0.3 is 0 Å². The summed E-state index contributed by atoms with van der Waals surface area (Å²) in [5.41, 5.74) is 0.984. The summed E-state index contributed by atoms with van der Waals surface area (Å²) in [5.74, 6) is 0.0325. The first-order valence-corrected chi connectivity index (χ1v) is 7.28. The van der Waals surface area contributed by atoms with Crippen molar-refractivity contribution in [3.63, 3.8) is 0 Å². The number of rotatable bonds is 4. The number of amides is 2. The largest absolute Gasteiger partial charge is 0.310 e. The minimum Gasteiger partial charge on any atom is -0.310 e. The Hall–Kier alpha value is -3.48. The molecule has 0 fully saturated rings. The Labute approximate surface area is 138 Å². The molecule has 0 aliphatic rings. The Morgan fingerprint density at radius 3 is 2.42 bits per heavy atom. The number of carbonyl (C=O) groups excluding carboxylic acids is 2. The maximum atomic E-state index is 12.5. The molecule has 0 aliphatic heterocycles. The Kier molecular flexibility index (Phi) is 4.33. The van der Waals surface area contributed by atoms with Gasteiger partial charge in [-0.2, -0.15) is 5.10 Å². The molecule has 24 heavy (non-hydrogen) atoms. The molecule has 7 heteroatoms. The second-order valence-corrected chi connectivity index (χ2v) is 5.00. The number of hydrogen-bond donors (Lipinski definition) is 2. The van der Waals surface area contributed by atoms with Crippen molar-refractivity contribution < 1.29 is 9.59 Å². The molecule has 7 nitrogen and oxygen atoms in total. The first-order valence-electron chi connectivity index (χ1n) is 7.28. The van der Waals surface area contributed by atoms with E-state index in [1.807, 2.05) is 30.3 Å². The van der Waals surface area contributed by atoms with Gasteiger partial charge in [0.15, 0.2) is 0 Å². The standard InChI is InChI=1S/C17H15N5O2/c1-12(23)20-16-14(17(24)21-15-9-5-6-10-18-15)11-19-22(16)13-7-3-2-4-8-13/h2-11H,1H3,(H,20,23)(H,18,21,24). The van der Waals surface area contributed by atoms with Crippen LogP contribution in [0.15, 0.2) is 60.9 Å². The van der Waals surface area contributed by atoms with Gasteiger partial charge in [-0.25, -0.2) is 9.67 Å². The van der Waals surface area contributed by atoms with E-state index in [2.05, 4.69) is 20.7 Å². The Balaban J connectivity index is 1.97. The number of hydrogen-bond acceptors (Lipinski definition) is 4. The zero-order valence-corrected chi connectivity index (χ0v) is 12.9. The summed E-state index contributed by atoms with van der Waals surface area (Å²) in [4.78, 5) is 28.1. The first kappa shape index (κ1) is 15.4. The van der Waals surface area contributed by atoms with E-state index in [0.29, 0.717) is 11.6 Å². The molecule has 3 aromatic rings. The van der Waals surface area contributed by atoms with E-state index < -0.39 is 5.91 Å². The molecule has 1 aromatic carbocycles. The summed E-state index contributed by atoms with van der Waals surface area (Å²) >= 11 is 0. The zero-order chi connectivity index (χ0) is 16.9. The van der Waals surface area contributed by atoms with Crippen LogP contribution in [-0.2, 0) is 4.79 Å². The monoisotopic (exact) mass is 321 g/mol. The van der Waals surface area contributed by atoms with Crippen molar-refractivity contribution in [2.24, 2.45) is 0 Å². The van der Waals surface area contributed by atoms with Gasteiger partial charge in [-0.15, -0.1) is 0 Å². The third-order valence-corrected chi connectivity index (χ3v) is 3.22. The second-order valence-electron chi connectivity index (χ2n) is 5.00. The molecular weight excluding hydrogens is 306 g/mol. The lowest BCUT2D eigenvalue weighted by Crippen LogP contribution is -2.18. The van der Waals surface area contributed by atoms with Crippen molar-refractivity contribution in [2.75, 3.05) is 10.6 Å². The quantitative estimate of drug-likeness (QED) is 0.772. The van der Waals surface area contributed by atoms with Gasteiger partial charge in [-0.1, -0.05) is 24.3 Å². The number of para-hydroxylation sites is 1. The molecule has 0 saturated heterocycles. The molecule has 0 bridgehead atoms. The van der Waals surface area contributed by atoms with Crippen molar-refractivity contribution in [1.82, 2.24) is 14.8 Å². The number of nitrogens with zero attached hydrogens (tertiary/aromatic N) is 3. The van der Waals surface area contributed by atoms with Gasteiger partial charge in [-0.05, 0) is 24.3 Å². The average molecular weight is 321 g/mol. The van der Waals surface area contributed by atoms with Crippen LogP contribution in [0.4, 0.5) is 11.6 Å². The highest BCUT2D eigenvalue weighted by Crippen LogP contribution is 2.21. The summed E-state index contributed by atoms with van der Waals surface area (Å²) < 4.78 is 1.51. The van der Waals surface area contributed by atoms with Crippen LogP contribution in [0.25, 0.3) is 5.69 Å². The van der Waals surface area contributed by atoms with Gasteiger partial charge in [0.1, 0.15) is 17.2 Å². The molecule has 0 atom stereocenters. The fourth-order valence-corrected chi connectivity index (χ4v) is 2.19. The average Bonchev–Trinajstić information content (AvgIpc) is 2.99. The SMILES string of the molecule is CC(=O)Nc1c(C(=O)Nc2ccccn2)cnn1-c1ccccc1. The fourth-order valence-electron chi connectivity index (χ4n) is 2.19. The molecule has 0 unspecified atom stereocenters. The van der Waals surface area contributed by atoms with Crippen LogP contribution in [-0.4, -0.2) is 26.6 Å². The number of carbonyl (C=O) groups is 2. The van der Waals surface area contributed by atoms with Crippen LogP contribution in [0, 0.1) is 0 Å². The lowest BCUT2D eigenvalue weighted by Gasteiger charge is -2.10. The molecule has 0 saturated carbocycles. The predicted octanol–water partition coefficient (Wildman–Crippen LogP) is 2.48. The van der Waals surface area contributed by atoms with E-state index in [-0.39, 0.29) is 11.5 Å². The summed E-state index contributed by atoms with van der Waals surface area (Å²) in [7, 11) is 0. The van der Waals surface area contributed by atoms with Crippen molar-refractivity contribution in [3.8, 4) is 5.69 Å². The zero-order valence-electron chi connectivity index (χ0n) is 12.9. The number of benzene rings is 1. The van der Waals surface area contributed by atoms with E-state index in [1.165, 1.54) is 17.8 Å². The van der Waals surface area contributed by atoms with Gasteiger partial charge in [0.2, 0.25) is 5.91 Å². The van der Waals surface area contributed by atoms with Crippen molar-refractivity contribution in [2.45, 2.75) is 6.92 Å². The van der Waals surface area contributed by atoms with Crippen LogP contribution in [0.2, 0.25) is 0 Å². The number of nitrogens with one attached hydrogen (secondary N) is 2. The third-order valence-electron chi connectivity index (χ3n) is 3.22. The molecule has 120 valence electrons.